The van der Waals surface area contributed by atoms with Crippen molar-refractivity contribution in [3.63, 3.8) is 0 Å². The van der Waals surface area contributed by atoms with Crippen molar-refractivity contribution in [1.29, 1.82) is 0 Å². The molecule has 0 aliphatic heterocycles. The fraction of sp³-hybridized carbons (Fsp3) is 0.400. The van der Waals surface area contributed by atoms with Crippen LogP contribution in [0.1, 0.15) is 29.8 Å². The van der Waals surface area contributed by atoms with Crippen molar-refractivity contribution in [1.82, 2.24) is 15.1 Å². The fourth-order valence-corrected chi connectivity index (χ4v) is 2.30. The number of aromatic nitrogens is 2. The normalized spacial score (nSPS) is 14.9. The van der Waals surface area contributed by atoms with Crippen LogP contribution in [0, 0.1) is 19.7 Å². The number of nitrogens with zero attached hydrogens (tertiary/aromatic N) is 2. The predicted molar refractivity (Wildman–Crippen MR) is 72.9 cm³/mol. The standard InChI is InChI=1S/C15H18FN3/c1-10-15(9-17-13-5-6-13)11(2)19(18-10)14-7-3-12(16)4-8-14/h3-4,7-8,13,17H,5-6,9H2,1-2H3. The molecule has 0 radical (unpaired) electrons. The van der Waals surface area contributed by atoms with Crippen LogP contribution in [0.2, 0.25) is 0 Å². The van der Waals surface area contributed by atoms with Gasteiger partial charge in [0.1, 0.15) is 5.82 Å². The van der Waals surface area contributed by atoms with E-state index >= 15 is 0 Å². The first-order valence-electron chi connectivity index (χ1n) is 6.69. The Bertz CT molecular complexity index is 582. The number of aryl methyl sites for hydroxylation is 1. The summed E-state index contributed by atoms with van der Waals surface area (Å²) in [6.45, 7) is 4.95. The van der Waals surface area contributed by atoms with Gasteiger partial charge in [0.15, 0.2) is 0 Å². The lowest BCUT2D eigenvalue weighted by atomic mass is 10.2. The lowest BCUT2D eigenvalue weighted by Gasteiger charge is -2.06. The molecule has 1 aromatic carbocycles. The Morgan fingerprint density at radius 1 is 1.26 bits per heavy atom. The van der Waals surface area contributed by atoms with Crippen molar-refractivity contribution in [3.8, 4) is 5.69 Å². The smallest absolute Gasteiger partial charge is 0.123 e. The number of hydrogen-bond donors (Lipinski definition) is 1. The van der Waals surface area contributed by atoms with Gasteiger partial charge in [-0.3, -0.25) is 0 Å². The second-order valence-electron chi connectivity index (χ2n) is 5.19. The average molecular weight is 259 g/mol. The second-order valence-corrected chi connectivity index (χ2v) is 5.19. The summed E-state index contributed by atoms with van der Waals surface area (Å²) >= 11 is 0. The highest BCUT2D eigenvalue weighted by molar-refractivity contribution is 5.37. The first-order valence-corrected chi connectivity index (χ1v) is 6.69. The zero-order chi connectivity index (χ0) is 13.4. The number of benzene rings is 1. The van der Waals surface area contributed by atoms with Crippen molar-refractivity contribution < 1.29 is 4.39 Å². The van der Waals surface area contributed by atoms with E-state index < -0.39 is 0 Å². The summed E-state index contributed by atoms with van der Waals surface area (Å²) in [6.07, 6.45) is 2.56. The summed E-state index contributed by atoms with van der Waals surface area (Å²) in [5.41, 5.74) is 4.31. The maximum atomic E-state index is 13.0. The monoisotopic (exact) mass is 259 g/mol. The molecule has 1 heterocycles. The van der Waals surface area contributed by atoms with Gasteiger partial charge in [0.05, 0.1) is 11.4 Å². The molecule has 0 bridgehead atoms. The zero-order valence-electron chi connectivity index (χ0n) is 11.3. The maximum absolute atomic E-state index is 13.0. The van der Waals surface area contributed by atoms with E-state index in [2.05, 4.69) is 17.3 Å². The lowest BCUT2D eigenvalue weighted by molar-refractivity contribution is 0.627. The van der Waals surface area contributed by atoms with Crippen LogP contribution in [0.4, 0.5) is 4.39 Å². The molecule has 3 rings (SSSR count). The van der Waals surface area contributed by atoms with E-state index in [9.17, 15) is 4.39 Å². The molecule has 1 saturated carbocycles. The van der Waals surface area contributed by atoms with Gasteiger partial charge in [-0.05, 0) is 51.0 Å². The highest BCUT2D eigenvalue weighted by Gasteiger charge is 2.21. The Balaban J connectivity index is 1.89. The molecule has 0 spiro atoms. The van der Waals surface area contributed by atoms with Gasteiger partial charge in [-0.1, -0.05) is 0 Å². The summed E-state index contributed by atoms with van der Waals surface area (Å²) in [5.74, 6) is -0.221. The minimum Gasteiger partial charge on any atom is -0.310 e. The Hall–Kier alpha value is -1.68. The first kappa shape index (κ1) is 12.4. The number of halogens is 1. The van der Waals surface area contributed by atoms with Gasteiger partial charge in [0.25, 0.3) is 0 Å². The first-order chi connectivity index (χ1) is 9.15. The Kier molecular flexibility index (Phi) is 3.11. The molecule has 1 aliphatic carbocycles. The molecule has 19 heavy (non-hydrogen) atoms. The van der Waals surface area contributed by atoms with Crippen LogP contribution in [-0.2, 0) is 6.54 Å². The summed E-state index contributed by atoms with van der Waals surface area (Å²) in [7, 11) is 0. The molecule has 100 valence electrons. The molecule has 4 heteroatoms. The molecule has 1 aliphatic rings. The molecule has 0 atom stereocenters. The molecular weight excluding hydrogens is 241 g/mol. The highest BCUT2D eigenvalue weighted by atomic mass is 19.1. The third-order valence-electron chi connectivity index (χ3n) is 3.66. The van der Waals surface area contributed by atoms with Crippen LogP contribution < -0.4 is 5.32 Å². The Morgan fingerprint density at radius 2 is 1.95 bits per heavy atom. The van der Waals surface area contributed by atoms with E-state index in [4.69, 9.17) is 0 Å². The van der Waals surface area contributed by atoms with E-state index in [1.807, 2.05) is 11.6 Å². The van der Waals surface area contributed by atoms with Gasteiger partial charge in [0.2, 0.25) is 0 Å². The van der Waals surface area contributed by atoms with Crippen LogP contribution in [0.3, 0.4) is 0 Å². The summed E-state index contributed by atoms with van der Waals surface area (Å²) < 4.78 is 14.9. The number of rotatable bonds is 4. The summed E-state index contributed by atoms with van der Waals surface area (Å²) in [4.78, 5) is 0. The summed E-state index contributed by atoms with van der Waals surface area (Å²) in [5, 5.41) is 8.08. The van der Waals surface area contributed by atoms with Crippen LogP contribution >= 0.6 is 0 Å². The largest absolute Gasteiger partial charge is 0.310 e. The molecule has 1 N–H and O–H groups in total. The second kappa shape index (κ2) is 4.78. The lowest BCUT2D eigenvalue weighted by Crippen LogP contribution is -2.16. The molecule has 3 nitrogen and oxygen atoms in total. The summed E-state index contributed by atoms with van der Waals surface area (Å²) in [6, 6.07) is 7.13. The SMILES string of the molecule is Cc1nn(-c2ccc(F)cc2)c(C)c1CNC1CC1. The van der Waals surface area contributed by atoms with Crippen molar-refractivity contribution >= 4 is 0 Å². The van der Waals surface area contributed by atoms with Gasteiger partial charge in [-0.2, -0.15) is 5.10 Å². The molecular formula is C15H18FN3. The predicted octanol–water partition coefficient (Wildman–Crippen LogP) is 2.88. The van der Waals surface area contributed by atoms with Crippen molar-refractivity contribution in [2.45, 2.75) is 39.3 Å². The minimum absolute atomic E-state index is 0.221. The number of hydrogen-bond acceptors (Lipinski definition) is 2. The van der Waals surface area contributed by atoms with E-state index in [1.165, 1.54) is 30.5 Å². The van der Waals surface area contributed by atoms with E-state index in [0.717, 1.165) is 23.6 Å². The van der Waals surface area contributed by atoms with Crippen molar-refractivity contribution in [2.24, 2.45) is 0 Å². The van der Waals surface area contributed by atoms with Gasteiger partial charge in [0, 0.05) is 23.8 Å². The third kappa shape index (κ3) is 2.54. The van der Waals surface area contributed by atoms with Gasteiger partial charge >= 0.3 is 0 Å². The Labute approximate surface area is 112 Å². The topological polar surface area (TPSA) is 29.9 Å². The van der Waals surface area contributed by atoms with Gasteiger partial charge in [-0.15, -0.1) is 0 Å². The molecule has 2 aromatic rings. The fourth-order valence-electron chi connectivity index (χ4n) is 2.30. The van der Waals surface area contributed by atoms with Gasteiger partial charge in [-0.25, -0.2) is 9.07 Å². The molecule has 0 amide bonds. The van der Waals surface area contributed by atoms with Crippen LogP contribution in [0.15, 0.2) is 24.3 Å². The molecule has 1 fully saturated rings. The van der Waals surface area contributed by atoms with Crippen molar-refractivity contribution in [3.05, 3.63) is 47.0 Å². The Morgan fingerprint density at radius 3 is 2.58 bits per heavy atom. The minimum atomic E-state index is -0.221. The van der Waals surface area contributed by atoms with E-state index in [1.54, 1.807) is 12.1 Å². The third-order valence-corrected chi connectivity index (χ3v) is 3.66. The molecule has 0 saturated heterocycles. The maximum Gasteiger partial charge on any atom is 0.123 e. The molecule has 0 unspecified atom stereocenters. The number of nitrogens with one attached hydrogen (secondary N) is 1. The van der Waals surface area contributed by atoms with Crippen LogP contribution in [0.25, 0.3) is 5.69 Å². The van der Waals surface area contributed by atoms with Crippen LogP contribution in [-0.4, -0.2) is 15.8 Å². The molecule has 1 aromatic heterocycles. The van der Waals surface area contributed by atoms with Crippen LogP contribution in [0.5, 0.6) is 0 Å². The average Bonchev–Trinajstić information content (AvgIpc) is 3.17. The van der Waals surface area contributed by atoms with Gasteiger partial charge < -0.3 is 5.32 Å². The zero-order valence-corrected chi connectivity index (χ0v) is 11.3. The quantitative estimate of drug-likeness (QED) is 0.915. The van der Waals surface area contributed by atoms with E-state index in [-0.39, 0.29) is 5.82 Å². The van der Waals surface area contributed by atoms with E-state index in [0.29, 0.717) is 6.04 Å². The highest BCUT2D eigenvalue weighted by Crippen LogP contribution is 2.22. The van der Waals surface area contributed by atoms with Crippen molar-refractivity contribution in [2.75, 3.05) is 0 Å².